The zero-order valence-electron chi connectivity index (χ0n) is 16.9. The van der Waals surface area contributed by atoms with Crippen molar-refractivity contribution in [3.8, 4) is 0 Å². The van der Waals surface area contributed by atoms with Crippen LogP contribution in [-0.2, 0) is 16.2 Å². The number of aromatic nitrogens is 2. The highest BCUT2D eigenvalue weighted by Gasteiger charge is 2.41. The van der Waals surface area contributed by atoms with Crippen molar-refractivity contribution in [2.24, 2.45) is 0 Å². The van der Waals surface area contributed by atoms with Crippen LogP contribution in [0.15, 0.2) is 21.3 Å². The molecule has 160 valence electrons. The van der Waals surface area contributed by atoms with Crippen molar-refractivity contribution >= 4 is 63.0 Å². The molecule has 0 saturated carbocycles. The molecule has 0 bridgehead atoms. The van der Waals surface area contributed by atoms with Crippen LogP contribution in [0.4, 0.5) is 13.2 Å². The van der Waals surface area contributed by atoms with Crippen molar-refractivity contribution in [3.05, 3.63) is 39.0 Å². The minimum Gasteiger partial charge on any atom is -0.458 e. The van der Waals surface area contributed by atoms with Gasteiger partial charge in [-0.3, -0.25) is 9.59 Å². The number of piperidine rings is 1. The van der Waals surface area contributed by atoms with Crippen LogP contribution in [0.3, 0.4) is 0 Å². The Balaban J connectivity index is 1.99. The van der Waals surface area contributed by atoms with E-state index in [2.05, 4.69) is 4.98 Å². The summed E-state index contributed by atoms with van der Waals surface area (Å²) in [5.74, 6) is -1.48. The third-order valence-electron chi connectivity index (χ3n) is 5.58. The molecule has 1 aliphatic rings. The van der Waals surface area contributed by atoms with E-state index in [-0.39, 0.29) is 44.6 Å². The summed E-state index contributed by atoms with van der Waals surface area (Å²) >= 11 is 6.14. The van der Waals surface area contributed by atoms with Crippen LogP contribution in [0.1, 0.15) is 37.3 Å². The quantitative estimate of drug-likeness (QED) is 0.555. The predicted octanol–water partition coefficient (Wildman–Crippen LogP) is 2.61. The maximum atomic E-state index is 13.7. The Morgan fingerprint density at radius 2 is 1.84 bits per heavy atom. The van der Waals surface area contributed by atoms with E-state index in [1.54, 1.807) is 4.90 Å². The van der Waals surface area contributed by atoms with Gasteiger partial charge >= 0.3 is 6.18 Å². The normalized spacial score (nSPS) is 16.2. The average molecular weight is 457 g/mol. The molecular formula is C19H14B3ClF3N3O3. The van der Waals surface area contributed by atoms with Crippen molar-refractivity contribution < 1.29 is 22.4 Å². The first kappa shape index (κ1) is 22.8. The molecule has 4 rings (SSSR count). The van der Waals surface area contributed by atoms with E-state index in [0.29, 0.717) is 30.5 Å². The van der Waals surface area contributed by atoms with Gasteiger partial charge in [-0.2, -0.15) is 13.2 Å². The highest BCUT2D eigenvalue weighted by atomic mass is 35.5. The van der Waals surface area contributed by atoms with Gasteiger partial charge in [-0.1, -0.05) is 16.8 Å². The molecule has 0 spiro atoms. The van der Waals surface area contributed by atoms with Crippen molar-refractivity contribution in [1.82, 2.24) is 14.5 Å². The smallest absolute Gasteiger partial charge is 0.449 e. The number of hydrogen-bond donors (Lipinski definition) is 0. The van der Waals surface area contributed by atoms with Crippen LogP contribution in [-0.4, -0.2) is 57.0 Å². The lowest BCUT2D eigenvalue weighted by molar-refractivity contribution is -0.146. The van der Waals surface area contributed by atoms with Gasteiger partial charge in [-0.25, -0.2) is 4.98 Å². The molecule has 1 saturated heterocycles. The van der Waals surface area contributed by atoms with Crippen LogP contribution < -0.4 is 5.43 Å². The Labute approximate surface area is 189 Å². The first-order valence-electron chi connectivity index (χ1n) is 9.67. The number of rotatable bonds is 2. The highest BCUT2D eigenvalue weighted by molar-refractivity contribution is 6.57. The summed E-state index contributed by atoms with van der Waals surface area (Å²) in [6, 6.07) is 2.47. The number of carbonyl (C=O) groups is 1. The molecule has 3 aromatic rings. The Bertz CT molecular complexity index is 1290. The van der Waals surface area contributed by atoms with Crippen LogP contribution in [0.5, 0.6) is 0 Å². The Morgan fingerprint density at radius 3 is 2.38 bits per heavy atom. The van der Waals surface area contributed by atoms with Crippen LogP contribution >= 0.6 is 11.6 Å². The summed E-state index contributed by atoms with van der Waals surface area (Å²) in [5.41, 5.74) is -1.33. The fraction of sp³-hybridized carbons (Fsp3) is 0.421. The van der Waals surface area contributed by atoms with Gasteiger partial charge < -0.3 is 13.9 Å². The van der Waals surface area contributed by atoms with Crippen molar-refractivity contribution in [1.29, 1.82) is 0 Å². The number of imidazole rings is 1. The molecule has 2 aromatic heterocycles. The molecule has 0 unspecified atom stereocenters. The fourth-order valence-electron chi connectivity index (χ4n) is 4.07. The molecule has 1 fully saturated rings. The molecule has 1 aromatic carbocycles. The third-order valence-corrected chi connectivity index (χ3v) is 5.86. The molecular weight excluding hydrogens is 443 g/mol. The zero-order valence-corrected chi connectivity index (χ0v) is 17.6. The van der Waals surface area contributed by atoms with Gasteiger partial charge in [0.1, 0.15) is 16.8 Å². The van der Waals surface area contributed by atoms with Gasteiger partial charge in [0.25, 0.3) is 0 Å². The van der Waals surface area contributed by atoms with E-state index >= 15 is 0 Å². The van der Waals surface area contributed by atoms with Gasteiger partial charge in [0.05, 0.1) is 33.9 Å². The molecule has 0 atom stereocenters. The second-order valence-corrected chi connectivity index (χ2v) is 8.29. The molecule has 6 radical (unpaired) electrons. The largest absolute Gasteiger partial charge is 0.458 e. The zero-order chi connectivity index (χ0) is 23.6. The monoisotopic (exact) mass is 457 g/mol. The SMILES string of the molecule is [B]C([B])([B])n1c(C(F)(F)F)nc2c(Cl)cc3c(=O)cc(C4CCN(C(C)=O)CC4)oc3c21. The second kappa shape index (κ2) is 7.61. The summed E-state index contributed by atoms with van der Waals surface area (Å²) in [4.78, 5) is 29.6. The van der Waals surface area contributed by atoms with E-state index in [1.807, 2.05) is 0 Å². The molecule has 0 N–H and O–H groups in total. The maximum absolute atomic E-state index is 13.7. The van der Waals surface area contributed by atoms with E-state index in [0.717, 1.165) is 0 Å². The topological polar surface area (TPSA) is 68.3 Å². The fourth-order valence-corrected chi connectivity index (χ4v) is 4.31. The summed E-state index contributed by atoms with van der Waals surface area (Å²) in [5, 5.41) is -2.79. The number of hydrogen-bond acceptors (Lipinski definition) is 4. The summed E-state index contributed by atoms with van der Waals surface area (Å²) in [7, 11) is 16.9. The maximum Gasteiger partial charge on any atom is 0.449 e. The number of alkyl halides is 3. The van der Waals surface area contributed by atoms with E-state index in [4.69, 9.17) is 39.6 Å². The lowest BCUT2D eigenvalue weighted by atomic mass is 9.49. The van der Waals surface area contributed by atoms with Crippen LogP contribution in [0.25, 0.3) is 22.0 Å². The molecule has 1 aliphatic heterocycles. The third kappa shape index (κ3) is 3.82. The molecule has 13 heteroatoms. The Kier molecular flexibility index (Phi) is 5.43. The number of carbonyl (C=O) groups excluding carboxylic acids is 1. The Morgan fingerprint density at radius 1 is 1.22 bits per heavy atom. The van der Waals surface area contributed by atoms with Crippen molar-refractivity contribution in [2.75, 3.05) is 13.1 Å². The first-order valence-corrected chi connectivity index (χ1v) is 10.1. The number of amides is 1. The predicted molar refractivity (Wildman–Crippen MR) is 115 cm³/mol. The first-order chi connectivity index (χ1) is 14.8. The summed E-state index contributed by atoms with van der Waals surface area (Å²) in [6.07, 6.45) is -3.92. The molecule has 32 heavy (non-hydrogen) atoms. The van der Waals surface area contributed by atoms with Crippen LogP contribution in [0.2, 0.25) is 5.02 Å². The lowest BCUT2D eigenvalue weighted by Gasteiger charge is -2.30. The summed E-state index contributed by atoms with van der Waals surface area (Å²) < 4.78 is 47.4. The second-order valence-electron chi connectivity index (χ2n) is 7.88. The molecule has 1 amide bonds. The van der Waals surface area contributed by atoms with Gasteiger partial charge in [0.2, 0.25) is 11.7 Å². The number of nitrogens with zero attached hydrogens (tertiary/aromatic N) is 3. The van der Waals surface area contributed by atoms with Crippen molar-refractivity contribution in [3.63, 3.8) is 0 Å². The molecule has 0 aliphatic carbocycles. The van der Waals surface area contributed by atoms with Gasteiger partial charge in [-0.05, 0) is 18.9 Å². The van der Waals surface area contributed by atoms with Gasteiger partial charge in [0, 0.05) is 32.0 Å². The van der Waals surface area contributed by atoms with Gasteiger partial charge in [0.15, 0.2) is 11.0 Å². The molecule has 3 heterocycles. The number of halogens is 4. The minimum atomic E-state index is -4.96. The summed E-state index contributed by atoms with van der Waals surface area (Å²) in [6.45, 7) is 2.39. The number of likely N-dealkylation sites (tertiary alicyclic amines) is 1. The number of benzene rings is 1. The Hall–Kier alpha value is -2.36. The van der Waals surface area contributed by atoms with Gasteiger partial charge in [-0.15, -0.1) is 0 Å². The van der Waals surface area contributed by atoms with Crippen LogP contribution in [0, 0.1) is 0 Å². The van der Waals surface area contributed by atoms with E-state index in [1.165, 1.54) is 19.1 Å². The highest BCUT2D eigenvalue weighted by Crippen LogP contribution is 2.39. The standard InChI is InChI=1S/C19H14B3ClF3N3O3/c1-8(30)28-4-2-9(3-5-28)13-7-12(31)10-6-11(23)14-15(16(10)32-13)29(19(20,21)22)17(27-14)18(24,25)26/h6-7,9H,2-5H2,1H3. The lowest BCUT2D eigenvalue weighted by Crippen LogP contribution is -2.38. The van der Waals surface area contributed by atoms with E-state index in [9.17, 15) is 22.8 Å². The number of fused-ring (bicyclic) bond motifs is 3. The van der Waals surface area contributed by atoms with E-state index < -0.39 is 22.7 Å². The van der Waals surface area contributed by atoms with Crippen molar-refractivity contribution in [2.45, 2.75) is 37.1 Å². The average Bonchev–Trinajstić information content (AvgIpc) is 3.11. The minimum absolute atomic E-state index is 0.0616. The molecule has 6 nitrogen and oxygen atoms in total.